The van der Waals surface area contributed by atoms with E-state index in [0.29, 0.717) is 21.5 Å². The van der Waals surface area contributed by atoms with Crippen LogP contribution in [0.15, 0.2) is 10.6 Å². The van der Waals surface area contributed by atoms with Crippen molar-refractivity contribution < 1.29 is 14.1 Å². The zero-order valence-corrected chi connectivity index (χ0v) is 16.9. The maximum Gasteiger partial charge on any atom is 0.341 e. The molecule has 2 N–H and O–H groups in total. The molecule has 0 aliphatic rings. The van der Waals surface area contributed by atoms with Crippen molar-refractivity contribution in [1.29, 1.82) is 0 Å². The van der Waals surface area contributed by atoms with Crippen molar-refractivity contribution in [3.05, 3.63) is 27.8 Å². The van der Waals surface area contributed by atoms with E-state index in [0.717, 1.165) is 22.6 Å². The van der Waals surface area contributed by atoms with Crippen molar-refractivity contribution in [2.45, 2.75) is 46.5 Å². The van der Waals surface area contributed by atoms with Gasteiger partial charge in [-0.1, -0.05) is 32.9 Å². The Hall–Kier alpha value is -1.93. The summed E-state index contributed by atoms with van der Waals surface area (Å²) in [4.78, 5) is 13.2. The molecule has 2 aromatic rings. The average Bonchev–Trinajstić information content (AvgIpc) is 3.10. The minimum absolute atomic E-state index is 0.138. The van der Waals surface area contributed by atoms with Gasteiger partial charge < -0.3 is 19.9 Å². The van der Waals surface area contributed by atoms with Gasteiger partial charge in [0.2, 0.25) is 0 Å². The Kier molecular flexibility index (Phi) is 5.84. The molecule has 0 spiro atoms. The van der Waals surface area contributed by atoms with E-state index in [-0.39, 0.29) is 11.4 Å². The first kappa shape index (κ1) is 19.4. The minimum Gasteiger partial charge on any atom is -0.465 e. The number of carbonyl (C=O) groups is 1. The van der Waals surface area contributed by atoms with Crippen molar-refractivity contribution in [3.8, 4) is 0 Å². The van der Waals surface area contributed by atoms with Crippen LogP contribution in [0, 0.1) is 6.92 Å². The van der Waals surface area contributed by atoms with Crippen molar-refractivity contribution >= 4 is 45.5 Å². The standard InChI is InChI=1S/C17H23N3O3S2/c1-7-10-9(2)25-14(13(10)15(21)22-6)19-16(24)18-12-8-11(23-20-12)17(3,4)5/h8H,7H2,1-6H3,(H2,18,19,20,24). The van der Waals surface area contributed by atoms with Crippen molar-refractivity contribution in [1.82, 2.24) is 5.16 Å². The molecular formula is C17H23N3O3S2. The maximum atomic E-state index is 12.1. The molecule has 2 heterocycles. The van der Waals surface area contributed by atoms with E-state index >= 15 is 0 Å². The molecule has 2 rings (SSSR count). The molecule has 0 atom stereocenters. The largest absolute Gasteiger partial charge is 0.465 e. The zero-order valence-electron chi connectivity index (χ0n) is 15.3. The first-order valence-corrected chi connectivity index (χ1v) is 9.15. The number of aryl methyl sites for hydroxylation is 1. The summed E-state index contributed by atoms with van der Waals surface area (Å²) in [5, 5.41) is 11.0. The molecule has 0 aliphatic carbocycles. The number of hydrogen-bond donors (Lipinski definition) is 2. The summed E-state index contributed by atoms with van der Waals surface area (Å²) >= 11 is 6.82. The summed E-state index contributed by atoms with van der Waals surface area (Å²) in [7, 11) is 1.37. The number of anilines is 2. The van der Waals surface area contributed by atoms with Crippen molar-refractivity contribution in [2.75, 3.05) is 17.7 Å². The Balaban J connectivity index is 2.18. The molecule has 0 aromatic carbocycles. The van der Waals surface area contributed by atoms with E-state index < -0.39 is 0 Å². The third-order valence-electron chi connectivity index (χ3n) is 3.67. The second-order valence-electron chi connectivity index (χ2n) is 6.59. The predicted molar refractivity (Wildman–Crippen MR) is 105 cm³/mol. The Bertz CT molecular complexity index is 788. The van der Waals surface area contributed by atoms with Crippen LogP contribution >= 0.6 is 23.6 Å². The number of ether oxygens (including phenoxy) is 1. The number of esters is 1. The van der Waals surface area contributed by atoms with Gasteiger partial charge >= 0.3 is 5.97 Å². The van der Waals surface area contributed by atoms with Gasteiger partial charge in [0, 0.05) is 16.4 Å². The highest BCUT2D eigenvalue weighted by atomic mass is 32.1. The van der Waals surface area contributed by atoms with E-state index in [1.807, 2.05) is 40.7 Å². The molecular weight excluding hydrogens is 358 g/mol. The highest BCUT2D eigenvalue weighted by Gasteiger charge is 2.23. The van der Waals surface area contributed by atoms with Crippen LogP contribution in [-0.4, -0.2) is 23.3 Å². The number of methoxy groups -OCH3 is 1. The lowest BCUT2D eigenvalue weighted by Crippen LogP contribution is -2.20. The number of nitrogens with one attached hydrogen (secondary N) is 2. The van der Waals surface area contributed by atoms with Crippen LogP contribution in [0.25, 0.3) is 0 Å². The fraction of sp³-hybridized carbons (Fsp3) is 0.471. The summed E-state index contributed by atoms with van der Waals surface area (Å²) in [6.45, 7) is 10.1. The summed E-state index contributed by atoms with van der Waals surface area (Å²) < 4.78 is 10.2. The first-order chi connectivity index (χ1) is 11.7. The molecule has 0 bridgehead atoms. The maximum absolute atomic E-state index is 12.1. The molecule has 0 aliphatic heterocycles. The van der Waals surface area contributed by atoms with E-state index in [1.165, 1.54) is 18.4 Å². The molecule has 0 amide bonds. The summed E-state index contributed by atoms with van der Waals surface area (Å²) in [6, 6.07) is 1.81. The molecule has 136 valence electrons. The number of thiophene rings is 1. The summed E-state index contributed by atoms with van der Waals surface area (Å²) in [5.41, 5.74) is 1.37. The fourth-order valence-electron chi connectivity index (χ4n) is 2.35. The van der Waals surface area contributed by atoms with Gasteiger partial charge in [0.15, 0.2) is 10.9 Å². The van der Waals surface area contributed by atoms with Gasteiger partial charge in [-0.3, -0.25) is 0 Å². The molecule has 6 nitrogen and oxygen atoms in total. The van der Waals surface area contributed by atoms with Crippen LogP contribution in [0.2, 0.25) is 0 Å². The van der Waals surface area contributed by atoms with Crippen molar-refractivity contribution in [2.24, 2.45) is 0 Å². The molecule has 0 saturated carbocycles. The highest BCUT2D eigenvalue weighted by molar-refractivity contribution is 7.80. The second-order valence-corrected chi connectivity index (χ2v) is 8.22. The number of aromatic nitrogens is 1. The summed E-state index contributed by atoms with van der Waals surface area (Å²) in [6.07, 6.45) is 0.743. The molecule has 2 aromatic heterocycles. The quantitative estimate of drug-likeness (QED) is 0.596. The Morgan fingerprint density at radius 1 is 1.40 bits per heavy atom. The molecule has 0 radical (unpaired) electrons. The molecule has 25 heavy (non-hydrogen) atoms. The van der Waals surface area contributed by atoms with Gasteiger partial charge in [-0.25, -0.2) is 4.79 Å². The van der Waals surface area contributed by atoms with Crippen LogP contribution in [0.1, 0.15) is 54.3 Å². The lowest BCUT2D eigenvalue weighted by Gasteiger charge is -2.12. The van der Waals surface area contributed by atoms with Crippen molar-refractivity contribution in [3.63, 3.8) is 0 Å². The molecule has 0 saturated heterocycles. The van der Waals surface area contributed by atoms with Crippen LogP contribution in [0.4, 0.5) is 10.8 Å². The third kappa shape index (κ3) is 4.38. The Morgan fingerprint density at radius 2 is 2.08 bits per heavy atom. The SMILES string of the molecule is CCc1c(C)sc(NC(=S)Nc2cc(C(C)(C)C)on2)c1C(=O)OC. The molecule has 0 unspecified atom stereocenters. The van der Waals surface area contributed by atoms with Crippen LogP contribution in [-0.2, 0) is 16.6 Å². The van der Waals surface area contributed by atoms with Crippen LogP contribution in [0.3, 0.4) is 0 Å². The van der Waals surface area contributed by atoms with E-state index in [1.54, 1.807) is 0 Å². The van der Waals surface area contributed by atoms with E-state index in [9.17, 15) is 4.79 Å². The molecule has 0 fully saturated rings. The Labute approximate surface area is 156 Å². The number of hydrogen-bond acceptors (Lipinski definition) is 6. The van der Waals surface area contributed by atoms with Gasteiger partial charge in [-0.2, -0.15) is 0 Å². The van der Waals surface area contributed by atoms with Gasteiger partial charge in [0.1, 0.15) is 10.8 Å². The number of rotatable bonds is 4. The predicted octanol–water partition coefficient (Wildman–Crippen LogP) is 4.50. The second kappa shape index (κ2) is 7.53. The lowest BCUT2D eigenvalue weighted by molar-refractivity contribution is 0.0601. The van der Waals surface area contributed by atoms with Crippen LogP contribution in [0.5, 0.6) is 0 Å². The van der Waals surface area contributed by atoms with Gasteiger partial charge in [-0.05, 0) is 31.1 Å². The van der Waals surface area contributed by atoms with E-state index in [4.69, 9.17) is 21.5 Å². The minimum atomic E-state index is -0.372. The van der Waals surface area contributed by atoms with E-state index in [2.05, 4.69) is 15.8 Å². The summed E-state index contributed by atoms with van der Waals surface area (Å²) in [5.74, 6) is 0.905. The lowest BCUT2D eigenvalue weighted by atomic mass is 9.93. The first-order valence-electron chi connectivity index (χ1n) is 7.93. The van der Waals surface area contributed by atoms with Gasteiger partial charge in [-0.15, -0.1) is 11.3 Å². The van der Waals surface area contributed by atoms with Gasteiger partial charge in [0.25, 0.3) is 0 Å². The number of carbonyl (C=O) groups excluding carboxylic acids is 1. The Morgan fingerprint density at radius 3 is 2.60 bits per heavy atom. The number of nitrogens with zero attached hydrogens (tertiary/aromatic N) is 1. The zero-order chi connectivity index (χ0) is 18.8. The normalized spacial score (nSPS) is 11.3. The molecule has 8 heteroatoms. The van der Waals surface area contributed by atoms with Gasteiger partial charge in [0.05, 0.1) is 12.7 Å². The number of thiocarbonyl (C=S) groups is 1. The average molecular weight is 382 g/mol. The third-order valence-corrected chi connectivity index (χ3v) is 4.94. The monoisotopic (exact) mass is 381 g/mol. The highest BCUT2D eigenvalue weighted by Crippen LogP contribution is 2.34. The van der Waals surface area contributed by atoms with Crippen LogP contribution < -0.4 is 10.6 Å². The smallest absolute Gasteiger partial charge is 0.341 e. The fourth-order valence-corrected chi connectivity index (χ4v) is 3.76. The topological polar surface area (TPSA) is 76.4 Å².